The number of hydrogen-bond acceptors (Lipinski definition) is 19. The summed E-state index contributed by atoms with van der Waals surface area (Å²) in [6.45, 7) is 2.47. The fourth-order valence-corrected chi connectivity index (χ4v) is 2.94. The molecule has 1 aliphatic rings. The number of aliphatic hydroxyl groups excluding tert-OH is 1. The summed E-state index contributed by atoms with van der Waals surface area (Å²) in [7, 11) is 0. The predicted molar refractivity (Wildman–Crippen MR) is 203 cm³/mol. The minimum atomic E-state index is -1.29. The Morgan fingerprint density at radius 2 is 1.16 bits per heavy atom. The van der Waals surface area contributed by atoms with Gasteiger partial charge in [-0.15, -0.1) is 0 Å². The molecular weight excluding hydrogens is 786 g/mol. The minimum absolute atomic E-state index is 0.112. The van der Waals surface area contributed by atoms with E-state index in [0.29, 0.717) is 38.8 Å². The molecule has 29 nitrogen and oxygen atoms in total. The largest absolute Gasteiger partial charge is 0.481 e. The number of ether oxygens (including phenoxy) is 1. The van der Waals surface area contributed by atoms with Gasteiger partial charge in [0, 0.05) is 13.1 Å². The van der Waals surface area contributed by atoms with Crippen LogP contribution in [0.1, 0.15) is 51.9 Å². The van der Waals surface area contributed by atoms with Gasteiger partial charge in [-0.2, -0.15) is 0 Å². The van der Waals surface area contributed by atoms with Crippen LogP contribution >= 0.6 is 0 Å². The molecule has 0 aromatic carbocycles. The van der Waals surface area contributed by atoms with E-state index in [1.165, 1.54) is 6.92 Å². The van der Waals surface area contributed by atoms with E-state index in [1.807, 2.05) is 0 Å². The quantitative estimate of drug-likeness (QED) is 0.0200. The van der Waals surface area contributed by atoms with Crippen LogP contribution in [0.25, 0.3) is 0 Å². The van der Waals surface area contributed by atoms with Gasteiger partial charge in [-0.25, -0.2) is 4.79 Å². The number of aliphatic carboxylic acids is 6. The zero-order valence-electron chi connectivity index (χ0n) is 31.9. The average Bonchev–Trinajstić information content (AvgIpc) is 3.68. The number of aliphatic hydroxyl groups is 1. The van der Waals surface area contributed by atoms with Crippen molar-refractivity contribution in [1.29, 1.82) is 10.8 Å². The van der Waals surface area contributed by atoms with Gasteiger partial charge in [0.1, 0.15) is 30.2 Å². The van der Waals surface area contributed by atoms with Crippen LogP contribution in [0.15, 0.2) is 0 Å². The maximum atomic E-state index is 11.1. The number of guanidine groups is 2. The average molecular weight is 848 g/mol. The summed E-state index contributed by atoms with van der Waals surface area (Å²) in [5, 5.41) is 78.5. The van der Waals surface area contributed by atoms with Gasteiger partial charge in [0.05, 0.1) is 25.6 Å². The predicted octanol–water partition coefficient (Wildman–Crippen LogP) is -7.23. The van der Waals surface area contributed by atoms with Crippen molar-refractivity contribution in [3.05, 3.63) is 0 Å². The summed E-state index contributed by atoms with van der Waals surface area (Å²) in [6.07, 6.45) is 2.11. The maximum Gasteiger partial charge on any atom is 0.330 e. The highest BCUT2D eigenvalue weighted by molar-refractivity contribution is 5.89. The topological polar surface area (TPSA) is 579 Å². The summed E-state index contributed by atoms with van der Waals surface area (Å²) < 4.78 is 4.32. The smallest absolute Gasteiger partial charge is 0.330 e. The Morgan fingerprint density at radius 3 is 1.38 bits per heavy atom. The van der Waals surface area contributed by atoms with Crippen LogP contribution in [0.2, 0.25) is 0 Å². The lowest BCUT2D eigenvalue weighted by Crippen LogP contribution is -2.39. The van der Waals surface area contributed by atoms with Crippen molar-refractivity contribution in [2.75, 3.05) is 32.7 Å². The van der Waals surface area contributed by atoms with Crippen molar-refractivity contribution in [3.8, 4) is 0 Å². The molecule has 0 aromatic rings. The molecule has 28 N–H and O–H groups in total. The van der Waals surface area contributed by atoms with E-state index in [2.05, 4.69) is 26.4 Å². The molecule has 338 valence electrons. The maximum absolute atomic E-state index is 11.1. The molecular formula is C29H61N13O16. The minimum Gasteiger partial charge on any atom is -0.481 e. The van der Waals surface area contributed by atoms with Gasteiger partial charge < -0.3 is 102 Å². The van der Waals surface area contributed by atoms with Gasteiger partial charge in [0.25, 0.3) is 0 Å². The van der Waals surface area contributed by atoms with Gasteiger partial charge in [-0.05, 0) is 52.0 Å². The van der Waals surface area contributed by atoms with E-state index in [-0.39, 0.29) is 31.1 Å². The number of carbonyl (C=O) groups excluding carboxylic acids is 2. The van der Waals surface area contributed by atoms with Gasteiger partial charge in [0.15, 0.2) is 11.9 Å². The number of nitrogens with one attached hydrogen (secondary N) is 5. The number of esters is 2. The monoisotopic (exact) mass is 847 g/mol. The van der Waals surface area contributed by atoms with Gasteiger partial charge in [-0.1, -0.05) is 0 Å². The lowest BCUT2D eigenvalue weighted by atomic mass is 10.2. The Morgan fingerprint density at radius 1 is 0.724 bits per heavy atom. The van der Waals surface area contributed by atoms with Gasteiger partial charge in [-0.3, -0.25) is 44.4 Å². The fraction of sp³-hybridized carbons (Fsp3) is 0.655. The molecule has 1 heterocycles. The molecule has 58 heavy (non-hydrogen) atoms. The van der Waals surface area contributed by atoms with E-state index < -0.39 is 84.4 Å². The highest BCUT2D eigenvalue weighted by atomic mass is 16.6. The van der Waals surface area contributed by atoms with Crippen LogP contribution in [-0.4, -0.2) is 164 Å². The number of rotatable bonds is 18. The van der Waals surface area contributed by atoms with Gasteiger partial charge in [0.2, 0.25) is 0 Å². The lowest BCUT2D eigenvalue weighted by Gasteiger charge is -2.10. The van der Waals surface area contributed by atoms with Crippen molar-refractivity contribution in [2.24, 2.45) is 45.9 Å². The molecule has 0 unspecified atom stereocenters. The molecule has 0 amide bonds. The zero-order valence-corrected chi connectivity index (χ0v) is 31.9. The van der Waals surface area contributed by atoms with Crippen molar-refractivity contribution >= 4 is 59.7 Å². The molecule has 0 bridgehead atoms. The van der Waals surface area contributed by atoms with Crippen LogP contribution in [0.3, 0.4) is 0 Å². The number of carbonyl (C=O) groups is 8. The molecule has 0 aliphatic carbocycles. The molecule has 1 rings (SSSR count). The van der Waals surface area contributed by atoms with E-state index >= 15 is 0 Å². The molecule has 0 spiro atoms. The first kappa shape index (κ1) is 61.4. The Balaban J connectivity index is -0.000000201. The molecule has 1 saturated heterocycles. The standard InChI is InChI=1S/C8H17N5O3.C6H14N4O2.C5H9NO2.C4H7NO4.C4H9NO3.C2H5NO2/c9-4-6(14)16-7(15)5(10)2-1-3-13-8(11)12;7-4(5(11)12)2-1-3-10-6(8)9;7-5(8)4-2-1-3-6-4;5-2(4(8)9)1-3(6)7;1-2(6)3(5)4(7)8;3-1-2(4)5/h5H,1-4,9-10H2,(H4,11,12,13);4H,1-3,7H2,(H,11,12)(H4,8,9,10);4,6H,1-3H2,(H,7,8);2H,1,5H2,(H,6,7)(H,8,9);2-3,6H,5H2,1H3,(H,7,8);1,3H2,(H,4,5)/t5-;2*4-;2-;2-,3+;/m00001./s1. The highest BCUT2D eigenvalue weighted by Gasteiger charge is 2.20. The van der Waals surface area contributed by atoms with Crippen LogP contribution in [-0.2, 0) is 43.1 Å². The Bertz CT molecular complexity index is 1260. The first-order valence-electron chi connectivity index (χ1n) is 16.8. The first-order chi connectivity index (χ1) is 26.7. The molecule has 29 heteroatoms. The van der Waals surface area contributed by atoms with E-state index in [9.17, 15) is 38.4 Å². The van der Waals surface area contributed by atoms with E-state index in [0.717, 1.165) is 19.4 Å². The van der Waals surface area contributed by atoms with Crippen LogP contribution < -0.4 is 61.8 Å². The van der Waals surface area contributed by atoms with E-state index in [1.54, 1.807) is 0 Å². The third-order valence-corrected chi connectivity index (χ3v) is 6.07. The van der Waals surface area contributed by atoms with Crippen molar-refractivity contribution in [3.63, 3.8) is 0 Å². The van der Waals surface area contributed by atoms with Crippen molar-refractivity contribution < 1.29 is 78.8 Å². The summed E-state index contributed by atoms with van der Waals surface area (Å²) in [5.41, 5.74) is 40.0. The van der Waals surface area contributed by atoms with Crippen LogP contribution in [0, 0.1) is 10.8 Å². The van der Waals surface area contributed by atoms with Gasteiger partial charge >= 0.3 is 47.8 Å². The number of carboxylic acids is 6. The molecule has 0 saturated carbocycles. The highest BCUT2D eigenvalue weighted by Crippen LogP contribution is 2.03. The molecule has 6 atom stereocenters. The van der Waals surface area contributed by atoms with Crippen molar-refractivity contribution in [1.82, 2.24) is 16.0 Å². The lowest BCUT2D eigenvalue weighted by molar-refractivity contribution is -0.160. The third kappa shape index (κ3) is 46.3. The molecule has 1 aliphatic heterocycles. The fourth-order valence-electron chi connectivity index (χ4n) is 2.94. The Hall–Kier alpha value is -5.82. The van der Waals surface area contributed by atoms with Crippen LogP contribution in [0.4, 0.5) is 0 Å². The Labute approximate surface area is 332 Å². The normalized spacial score (nSPS) is 14.6. The third-order valence-electron chi connectivity index (χ3n) is 6.07. The molecule has 0 radical (unpaired) electrons. The van der Waals surface area contributed by atoms with E-state index in [4.69, 9.17) is 86.7 Å². The zero-order chi connectivity index (χ0) is 46.6. The number of hydrogen-bond donors (Lipinski definition) is 20. The number of nitrogens with two attached hydrogens (primary N) is 8. The summed E-state index contributed by atoms with van der Waals surface area (Å²) >= 11 is 0. The van der Waals surface area contributed by atoms with Crippen LogP contribution in [0.5, 0.6) is 0 Å². The second kappa shape index (κ2) is 38.1. The molecule has 1 fully saturated rings. The first-order valence-corrected chi connectivity index (χ1v) is 16.8. The van der Waals surface area contributed by atoms with Crippen molar-refractivity contribution in [2.45, 2.75) is 88.2 Å². The second-order valence-electron chi connectivity index (χ2n) is 11.2. The molecule has 0 aromatic heterocycles. The number of carboxylic acid groups (broad SMARTS) is 6. The Kier molecular flexibility index (Phi) is 40.3. The SMILES string of the molecule is C[C@@H](O)[C@H](N)C(=O)O.N=C(N)NCCC[C@H](N)C(=O)O.N=C(N)NCCC[C@H](N)C(=O)OC(=O)CN.NCC(=O)O.N[C@@H](CC(=O)O)C(=O)O.O=C(O)[C@@H]1CCCN1. The summed E-state index contributed by atoms with van der Waals surface area (Å²) in [4.78, 5) is 80.9. The second-order valence-corrected chi connectivity index (χ2v) is 11.2. The summed E-state index contributed by atoms with van der Waals surface area (Å²) in [5.74, 6) is -8.22. The summed E-state index contributed by atoms with van der Waals surface area (Å²) in [6, 6.07) is -4.41.